The molecule has 0 saturated carbocycles. The minimum absolute atomic E-state index is 0.0511. The quantitative estimate of drug-likeness (QED) is 0.455. The van der Waals surface area contributed by atoms with Gasteiger partial charge in [-0.2, -0.15) is 0 Å². The number of carbonyl (C=O) groups is 1. The smallest absolute Gasteiger partial charge is 0.319 e. The van der Waals surface area contributed by atoms with E-state index in [9.17, 15) is 14.9 Å². The Morgan fingerprint density at radius 2 is 2.21 bits per heavy atom. The summed E-state index contributed by atoms with van der Waals surface area (Å²) in [6.07, 6.45) is 0. The molecule has 0 spiro atoms. The minimum Gasteiger partial charge on any atom is -0.468 e. The van der Waals surface area contributed by atoms with Gasteiger partial charge in [0.2, 0.25) is 0 Å². The van der Waals surface area contributed by atoms with Crippen molar-refractivity contribution in [1.82, 2.24) is 4.90 Å². The molecule has 0 radical (unpaired) electrons. The molecule has 0 saturated heterocycles. The van der Waals surface area contributed by atoms with Gasteiger partial charge in [0.05, 0.1) is 23.6 Å². The summed E-state index contributed by atoms with van der Waals surface area (Å²) in [5.41, 5.74) is 0.683. The van der Waals surface area contributed by atoms with Crippen LogP contribution in [-0.2, 0) is 16.1 Å². The highest BCUT2D eigenvalue weighted by atomic mass is 35.5. The van der Waals surface area contributed by atoms with Gasteiger partial charge in [-0.3, -0.25) is 19.8 Å². The van der Waals surface area contributed by atoms with Crippen LogP contribution in [0.2, 0.25) is 5.02 Å². The second-order valence-electron chi connectivity index (χ2n) is 3.91. The maximum atomic E-state index is 11.2. The van der Waals surface area contributed by atoms with Crippen molar-refractivity contribution >= 4 is 23.3 Å². The van der Waals surface area contributed by atoms with Gasteiger partial charge in [-0.1, -0.05) is 18.5 Å². The average Bonchev–Trinajstić information content (AvgIpc) is 2.39. The van der Waals surface area contributed by atoms with Crippen molar-refractivity contribution < 1.29 is 14.5 Å². The topological polar surface area (TPSA) is 72.7 Å². The molecule has 0 atom stereocenters. The zero-order valence-electron chi connectivity index (χ0n) is 10.8. The lowest BCUT2D eigenvalue weighted by Gasteiger charge is -2.19. The number of nitro benzene ring substituents is 1. The molecule has 0 aliphatic rings. The number of esters is 1. The number of carbonyl (C=O) groups excluding carboxylic acids is 1. The summed E-state index contributed by atoms with van der Waals surface area (Å²) in [6.45, 7) is 3.13. The van der Waals surface area contributed by atoms with E-state index >= 15 is 0 Å². The highest BCUT2D eigenvalue weighted by Crippen LogP contribution is 2.23. The highest BCUT2D eigenvalue weighted by Gasteiger charge is 2.14. The molecule has 0 amide bonds. The Hall–Kier alpha value is -1.66. The summed E-state index contributed by atoms with van der Waals surface area (Å²) < 4.78 is 4.60. The van der Waals surface area contributed by atoms with E-state index in [4.69, 9.17) is 11.6 Å². The van der Waals surface area contributed by atoms with Crippen LogP contribution < -0.4 is 0 Å². The molecular formula is C12H15ClN2O4. The molecule has 0 unspecified atom stereocenters. The number of hydrogen-bond donors (Lipinski definition) is 0. The van der Waals surface area contributed by atoms with Crippen molar-refractivity contribution in [3.8, 4) is 0 Å². The molecule has 0 fully saturated rings. The maximum absolute atomic E-state index is 11.2. The third-order valence-electron chi connectivity index (χ3n) is 2.67. The Balaban J connectivity index is 2.80. The Morgan fingerprint density at radius 1 is 1.53 bits per heavy atom. The molecule has 0 aliphatic heterocycles. The van der Waals surface area contributed by atoms with E-state index < -0.39 is 4.92 Å². The molecule has 1 aromatic carbocycles. The Bertz CT molecular complexity index is 479. The molecule has 0 N–H and O–H groups in total. The van der Waals surface area contributed by atoms with E-state index in [0.717, 1.165) is 5.56 Å². The number of nitro groups is 1. The number of hydrogen-bond acceptors (Lipinski definition) is 5. The largest absolute Gasteiger partial charge is 0.468 e. The lowest BCUT2D eigenvalue weighted by atomic mass is 10.2. The first-order valence-corrected chi connectivity index (χ1v) is 6.07. The monoisotopic (exact) mass is 286 g/mol. The van der Waals surface area contributed by atoms with Crippen molar-refractivity contribution in [2.45, 2.75) is 13.5 Å². The second kappa shape index (κ2) is 7.06. The third-order valence-corrected chi connectivity index (χ3v) is 3.02. The van der Waals surface area contributed by atoms with Gasteiger partial charge >= 0.3 is 5.97 Å². The zero-order valence-corrected chi connectivity index (χ0v) is 11.5. The van der Waals surface area contributed by atoms with Crippen LogP contribution in [0.3, 0.4) is 0 Å². The summed E-state index contributed by atoms with van der Waals surface area (Å²) >= 11 is 6.00. The second-order valence-corrected chi connectivity index (χ2v) is 4.32. The summed E-state index contributed by atoms with van der Waals surface area (Å²) in [4.78, 5) is 23.1. The number of benzene rings is 1. The zero-order chi connectivity index (χ0) is 14.4. The van der Waals surface area contributed by atoms with Crippen LogP contribution in [0.5, 0.6) is 0 Å². The van der Waals surface area contributed by atoms with Crippen LogP contribution in [0, 0.1) is 10.1 Å². The summed E-state index contributed by atoms with van der Waals surface area (Å²) in [6, 6.07) is 4.30. The van der Waals surface area contributed by atoms with Gasteiger partial charge in [-0.15, -0.1) is 0 Å². The van der Waals surface area contributed by atoms with Gasteiger partial charge in [0.1, 0.15) is 0 Å². The van der Waals surface area contributed by atoms with Gasteiger partial charge in [-0.05, 0) is 18.2 Å². The molecule has 0 bridgehead atoms. The maximum Gasteiger partial charge on any atom is 0.319 e. The molecule has 19 heavy (non-hydrogen) atoms. The highest BCUT2D eigenvalue weighted by molar-refractivity contribution is 6.31. The van der Waals surface area contributed by atoms with Crippen LogP contribution in [0.4, 0.5) is 5.69 Å². The Kier molecular flexibility index (Phi) is 5.72. The molecule has 0 heterocycles. The number of non-ortho nitro benzene ring substituents is 1. The molecule has 1 rings (SSSR count). The van der Waals surface area contributed by atoms with E-state index in [1.807, 2.05) is 11.8 Å². The standard InChI is InChI=1S/C12H15ClN2O4/c1-3-14(8-12(16)19-2)7-9-4-5-10(15(17)18)6-11(9)13/h4-6H,3,7-8H2,1-2H3. The van der Waals surface area contributed by atoms with E-state index in [1.54, 1.807) is 6.07 Å². The van der Waals surface area contributed by atoms with Gasteiger partial charge in [0.25, 0.3) is 5.69 Å². The fourth-order valence-electron chi connectivity index (χ4n) is 1.55. The first kappa shape index (κ1) is 15.4. The number of nitrogens with zero attached hydrogens (tertiary/aromatic N) is 2. The SMILES string of the molecule is CCN(CC(=O)OC)Cc1ccc([N+](=O)[O-])cc1Cl. The fraction of sp³-hybridized carbons (Fsp3) is 0.417. The Morgan fingerprint density at radius 3 is 2.68 bits per heavy atom. The van der Waals surface area contributed by atoms with Crippen molar-refractivity contribution in [3.63, 3.8) is 0 Å². The number of likely N-dealkylation sites (N-methyl/N-ethyl adjacent to an activating group) is 1. The lowest BCUT2D eigenvalue weighted by molar-refractivity contribution is -0.384. The predicted molar refractivity (Wildman–Crippen MR) is 71.1 cm³/mol. The van der Waals surface area contributed by atoms with Crippen molar-refractivity contribution in [1.29, 1.82) is 0 Å². The van der Waals surface area contributed by atoms with Gasteiger partial charge < -0.3 is 4.74 Å². The van der Waals surface area contributed by atoms with Crippen LogP contribution >= 0.6 is 11.6 Å². The van der Waals surface area contributed by atoms with Crippen molar-refractivity contribution in [2.24, 2.45) is 0 Å². The fourth-order valence-corrected chi connectivity index (χ4v) is 1.78. The lowest BCUT2D eigenvalue weighted by Crippen LogP contribution is -2.30. The summed E-state index contributed by atoms with van der Waals surface area (Å²) in [5, 5.41) is 10.9. The summed E-state index contributed by atoms with van der Waals surface area (Å²) in [5.74, 6) is -0.333. The number of halogens is 1. The molecule has 7 heteroatoms. The van der Waals surface area contributed by atoms with E-state index in [0.29, 0.717) is 18.1 Å². The van der Waals surface area contributed by atoms with E-state index in [-0.39, 0.29) is 18.2 Å². The van der Waals surface area contributed by atoms with Gasteiger partial charge in [-0.25, -0.2) is 0 Å². The molecule has 1 aromatic rings. The average molecular weight is 287 g/mol. The number of methoxy groups -OCH3 is 1. The van der Waals surface area contributed by atoms with Gasteiger partial charge in [0.15, 0.2) is 0 Å². The first-order valence-electron chi connectivity index (χ1n) is 5.70. The van der Waals surface area contributed by atoms with Gasteiger partial charge in [0, 0.05) is 18.7 Å². The number of rotatable bonds is 6. The molecule has 0 aromatic heterocycles. The van der Waals surface area contributed by atoms with Crippen LogP contribution in [-0.4, -0.2) is 36.0 Å². The van der Waals surface area contributed by atoms with Crippen LogP contribution in [0.25, 0.3) is 0 Å². The van der Waals surface area contributed by atoms with E-state index in [2.05, 4.69) is 4.74 Å². The molecule has 0 aliphatic carbocycles. The van der Waals surface area contributed by atoms with Crippen molar-refractivity contribution in [3.05, 3.63) is 38.9 Å². The van der Waals surface area contributed by atoms with Crippen molar-refractivity contribution in [2.75, 3.05) is 20.2 Å². The number of ether oxygens (including phenoxy) is 1. The minimum atomic E-state index is -0.498. The molecular weight excluding hydrogens is 272 g/mol. The first-order chi connectivity index (χ1) is 8.97. The van der Waals surface area contributed by atoms with Crippen LogP contribution in [0.1, 0.15) is 12.5 Å². The Labute approximate surface area is 116 Å². The normalized spacial score (nSPS) is 10.5. The molecule has 6 nitrogen and oxygen atoms in total. The van der Waals surface area contributed by atoms with Crippen LogP contribution in [0.15, 0.2) is 18.2 Å². The third kappa shape index (κ3) is 4.50. The predicted octanol–water partition coefficient (Wildman–Crippen LogP) is 2.24. The summed E-state index contributed by atoms with van der Waals surface area (Å²) in [7, 11) is 1.33. The molecule has 104 valence electrons. The van der Waals surface area contributed by atoms with E-state index in [1.165, 1.54) is 19.2 Å².